The summed E-state index contributed by atoms with van der Waals surface area (Å²) in [6, 6.07) is 7.00. The lowest BCUT2D eigenvalue weighted by molar-refractivity contribution is 0.0697. The molecule has 3 nitrogen and oxygen atoms in total. The molecule has 0 amide bonds. The zero-order valence-corrected chi connectivity index (χ0v) is 8.29. The second-order valence-corrected chi connectivity index (χ2v) is 3.18. The van der Waals surface area contributed by atoms with Crippen LogP contribution >= 0.6 is 0 Å². The Morgan fingerprint density at radius 3 is 2.93 bits per heavy atom. The molecule has 0 atom stereocenters. The molecule has 1 aromatic carbocycles. The first kappa shape index (κ1) is 10.7. The maximum Gasteiger partial charge on any atom is 0.335 e. The van der Waals surface area contributed by atoms with E-state index in [1.54, 1.807) is 18.2 Å². The highest BCUT2D eigenvalue weighted by atomic mass is 16.4. The van der Waals surface area contributed by atoms with Crippen LogP contribution in [0.3, 0.4) is 0 Å². The van der Waals surface area contributed by atoms with Crippen molar-refractivity contribution >= 4 is 5.97 Å². The Bertz CT molecular complexity index is 310. The molecule has 76 valence electrons. The van der Waals surface area contributed by atoms with E-state index in [1.807, 2.05) is 6.07 Å². The predicted molar refractivity (Wildman–Crippen MR) is 55.4 cm³/mol. The number of carboxylic acid groups (broad SMARTS) is 1. The van der Waals surface area contributed by atoms with Gasteiger partial charge in [0.25, 0.3) is 0 Å². The van der Waals surface area contributed by atoms with Crippen molar-refractivity contribution in [2.75, 3.05) is 6.54 Å². The molecule has 1 rings (SSSR count). The minimum Gasteiger partial charge on any atom is -0.478 e. The summed E-state index contributed by atoms with van der Waals surface area (Å²) >= 11 is 0. The summed E-state index contributed by atoms with van der Waals surface area (Å²) in [7, 11) is 0. The highest BCUT2D eigenvalue weighted by Crippen LogP contribution is 2.04. The quantitative estimate of drug-likeness (QED) is 0.702. The van der Waals surface area contributed by atoms with Crippen molar-refractivity contribution in [2.24, 2.45) is 0 Å². The van der Waals surface area contributed by atoms with Gasteiger partial charge >= 0.3 is 5.97 Å². The van der Waals surface area contributed by atoms with Gasteiger partial charge in [0, 0.05) is 6.54 Å². The molecule has 0 fully saturated rings. The molecule has 0 spiro atoms. The average Bonchev–Trinajstić information content (AvgIpc) is 2.19. The van der Waals surface area contributed by atoms with Gasteiger partial charge in [0.05, 0.1) is 5.56 Å². The van der Waals surface area contributed by atoms with Crippen LogP contribution in [0.15, 0.2) is 24.3 Å². The molecule has 1 aromatic rings. The zero-order chi connectivity index (χ0) is 10.4. The normalized spacial score (nSPS) is 10.1. The summed E-state index contributed by atoms with van der Waals surface area (Å²) < 4.78 is 0. The molecule has 0 bridgehead atoms. The van der Waals surface area contributed by atoms with Gasteiger partial charge in [-0.05, 0) is 30.7 Å². The van der Waals surface area contributed by atoms with Gasteiger partial charge in [0.1, 0.15) is 0 Å². The van der Waals surface area contributed by atoms with E-state index in [2.05, 4.69) is 12.2 Å². The molecule has 2 N–H and O–H groups in total. The molecule has 14 heavy (non-hydrogen) atoms. The lowest BCUT2D eigenvalue weighted by Crippen LogP contribution is -2.14. The summed E-state index contributed by atoms with van der Waals surface area (Å²) in [6.45, 7) is 3.78. The molecule has 3 heteroatoms. The van der Waals surface area contributed by atoms with Crippen LogP contribution in [-0.2, 0) is 6.54 Å². The molecular weight excluding hydrogens is 178 g/mol. The second kappa shape index (κ2) is 5.40. The SMILES string of the molecule is CCCNCc1cccc(C(=O)O)c1. The zero-order valence-electron chi connectivity index (χ0n) is 8.29. The van der Waals surface area contributed by atoms with Crippen molar-refractivity contribution in [3.05, 3.63) is 35.4 Å². The summed E-state index contributed by atoms with van der Waals surface area (Å²) in [6.07, 6.45) is 1.08. The predicted octanol–water partition coefficient (Wildman–Crippen LogP) is 1.88. The van der Waals surface area contributed by atoms with Crippen molar-refractivity contribution in [3.63, 3.8) is 0 Å². The summed E-state index contributed by atoms with van der Waals surface area (Å²) in [5.74, 6) is -0.873. The first-order valence-electron chi connectivity index (χ1n) is 4.77. The van der Waals surface area contributed by atoms with E-state index in [0.717, 1.165) is 25.1 Å². The van der Waals surface area contributed by atoms with Gasteiger partial charge in [0.15, 0.2) is 0 Å². The topological polar surface area (TPSA) is 49.3 Å². The first-order chi connectivity index (χ1) is 6.74. The Kier molecular flexibility index (Phi) is 4.13. The fourth-order valence-electron chi connectivity index (χ4n) is 1.22. The highest BCUT2D eigenvalue weighted by molar-refractivity contribution is 5.87. The molecule has 0 saturated heterocycles. The lowest BCUT2D eigenvalue weighted by Gasteiger charge is -2.03. The van der Waals surface area contributed by atoms with Crippen LogP contribution in [0.1, 0.15) is 29.3 Å². The smallest absolute Gasteiger partial charge is 0.335 e. The Morgan fingerprint density at radius 2 is 2.29 bits per heavy atom. The van der Waals surface area contributed by atoms with Crippen LogP contribution in [0.25, 0.3) is 0 Å². The van der Waals surface area contributed by atoms with Crippen LogP contribution in [-0.4, -0.2) is 17.6 Å². The van der Waals surface area contributed by atoms with E-state index in [0.29, 0.717) is 5.56 Å². The van der Waals surface area contributed by atoms with Crippen LogP contribution in [0.4, 0.5) is 0 Å². The van der Waals surface area contributed by atoms with Gasteiger partial charge < -0.3 is 10.4 Å². The molecular formula is C11H15NO2. The van der Waals surface area contributed by atoms with Gasteiger partial charge in [-0.1, -0.05) is 19.1 Å². The molecule has 0 radical (unpaired) electrons. The largest absolute Gasteiger partial charge is 0.478 e. The molecule has 0 aliphatic carbocycles. The maximum absolute atomic E-state index is 10.7. The van der Waals surface area contributed by atoms with E-state index >= 15 is 0 Å². The molecule has 0 aromatic heterocycles. The van der Waals surface area contributed by atoms with E-state index in [4.69, 9.17) is 5.11 Å². The van der Waals surface area contributed by atoms with Crippen LogP contribution < -0.4 is 5.32 Å². The average molecular weight is 193 g/mol. The van der Waals surface area contributed by atoms with Gasteiger partial charge in [-0.3, -0.25) is 0 Å². The highest BCUT2D eigenvalue weighted by Gasteiger charge is 2.02. The summed E-state index contributed by atoms with van der Waals surface area (Å²) in [4.78, 5) is 10.7. The summed E-state index contributed by atoms with van der Waals surface area (Å²) in [5, 5.41) is 12.0. The third-order valence-electron chi connectivity index (χ3n) is 1.93. The molecule has 0 saturated carbocycles. The number of hydrogen-bond acceptors (Lipinski definition) is 2. The number of nitrogens with one attached hydrogen (secondary N) is 1. The van der Waals surface area contributed by atoms with E-state index < -0.39 is 5.97 Å². The van der Waals surface area contributed by atoms with Crippen molar-refractivity contribution in [2.45, 2.75) is 19.9 Å². The number of rotatable bonds is 5. The number of hydrogen-bond donors (Lipinski definition) is 2. The molecule has 0 unspecified atom stereocenters. The lowest BCUT2D eigenvalue weighted by atomic mass is 10.1. The number of carboxylic acids is 1. The standard InChI is InChI=1S/C11H15NO2/c1-2-6-12-8-9-4-3-5-10(7-9)11(13)14/h3-5,7,12H,2,6,8H2,1H3,(H,13,14). The third kappa shape index (κ3) is 3.18. The van der Waals surface area contributed by atoms with Gasteiger partial charge in [-0.25, -0.2) is 4.79 Å². The van der Waals surface area contributed by atoms with Crippen molar-refractivity contribution in [3.8, 4) is 0 Å². The molecule has 0 aliphatic heterocycles. The minimum absolute atomic E-state index is 0.348. The van der Waals surface area contributed by atoms with Gasteiger partial charge in [0.2, 0.25) is 0 Å². The van der Waals surface area contributed by atoms with Gasteiger partial charge in [-0.2, -0.15) is 0 Å². The Hall–Kier alpha value is -1.35. The van der Waals surface area contributed by atoms with Crippen molar-refractivity contribution in [1.29, 1.82) is 0 Å². The van der Waals surface area contributed by atoms with E-state index in [9.17, 15) is 4.79 Å². The fourth-order valence-corrected chi connectivity index (χ4v) is 1.22. The molecule has 0 aliphatic rings. The maximum atomic E-state index is 10.7. The molecule has 0 heterocycles. The van der Waals surface area contributed by atoms with Crippen LogP contribution in [0, 0.1) is 0 Å². The fraction of sp³-hybridized carbons (Fsp3) is 0.364. The third-order valence-corrected chi connectivity index (χ3v) is 1.93. The number of carbonyl (C=O) groups is 1. The Morgan fingerprint density at radius 1 is 1.50 bits per heavy atom. The van der Waals surface area contributed by atoms with Crippen LogP contribution in [0.2, 0.25) is 0 Å². The summed E-state index contributed by atoms with van der Waals surface area (Å²) in [5.41, 5.74) is 1.36. The van der Waals surface area contributed by atoms with Gasteiger partial charge in [-0.15, -0.1) is 0 Å². The van der Waals surface area contributed by atoms with E-state index in [1.165, 1.54) is 0 Å². The van der Waals surface area contributed by atoms with Crippen molar-refractivity contribution < 1.29 is 9.90 Å². The number of aromatic carboxylic acids is 1. The minimum atomic E-state index is -0.873. The number of benzene rings is 1. The Balaban J connectivity index is 2.59. The Labute approximate surface area is 83.8 Å². The first-order valence-corrected chi connectivity index (χ1v) is 4.77. The monoisotopic (exact) mass is 193 g/mol. The second-order valence-electron chi connectivity index (χ2n) is 3.18. The van der Waals surface area contributed by atoms with Crippen LogP contribution in [0.5, 0.6) is 0 Å². The van der Waals surface area contributed by atoms with E-state index in [-0.39, 0.29) is 0 Å². The van der Waals surface area contributed by atoms with Crippen molar-refractivity contribution in [1.82, 2.24) is 5.32 Å².